The Hall–Kier alpha value is -2.50. The molecular formula is C11H8FN3O2. The standard InChI is InChI=1S/C11H8FN3O2/c12-7-5-14-4-3-6(7)9-2-1-8(13)10(15-9)11(16)17/h1-5H,13H2,(H,16,17). The molecule has 0 aromatic carbocycles. The first kappa shape index (κ1) is 11.0. The molecule has 2 aromatic rings. The molecule has 0 bridgehead atoms. The lowest BCUT2D eigenvalue weighted by atomic mass is 10.1. The highest BCUT2D eigenvalue weighted by molar-refractivity contribution is 5.92. The molecule has 2 rings (SSSR count). The van der Waals surface area contributed by atoms with Crippen LogP contribution >= 0.6 is 0 Å². The van der Waals surface area contributed by atoms with Crippen molar-refractivity contribution in [2.45, 2.75) is 0 Å². The number of aromatic carboxylic acids is 1. The summed E-state index contributed by atoms with van der Waals surface area (Å²) in [5.41, 5.74) is 5.59. The van der Waals surface area contributed by atoms with E-state index in [0.717, 1.165) is 6.20 Å². The molecule has 0 aliphatic heterocycles. The molecule has 0 unspecified atom stereocenters. The molecule has 5 nitrogen and oxygen atoms in total. The molecule has 0 amide bonds. The number of carboxylic acid groups (broad SMARTS) is 1. The van der Waals surface area contributed by atoms with E-state index in [2.05, 4.69) is 9.97 Å². The molecule has 0 atom stereocenters. The molecular weight excluding hydrogens is 225 g/mol. The Morgan fingerprint density at radius 2 is 2.12 bits per heavy atom. The quantitative estimate of drug-likeness (QED) is 0.821. The minimum Gasteiger partial charge on any atom is -0.476 e. The minimum atomic E-state index is -1.25. The van der Waals surface area contributed by atoms with Crippen molar-refractivity contribution in [3.05, 3.63) is 42.1 Å². The number of nitrogens with two attached hydrogens (primary N) is 1. The van der Waals surface area contributed by atoms with E-state index in [1.54, 1.807) is 0 Å². The van der Waals surface area contributed by atoms with E-state index in [9.17, 15) is 9.18 Å². The van der Waals surface area contributed by atoms with Crippen molar-refractivity contribution in [2.75, 3.05) is 5.73 Å². The second-order valence-electron chi connectivity index (χ2n) is 3.29. The first-order chi connectivity index (χ1) is 8.09. The third kappa shape index (κ3) is 2.05. The van der Waals surface area contributed by atoms with E-state index in [4.69, 9.17) is 10.8 Å². The lowest BCUT2D eigenvalue weighted by Crippen LogP contribution is -2.06. The van der Waals surface area contributed by atoms with Crippen molar-refractivity contribution in [1.82, 2.24) is 9.97 Å². The lowest BCUT2D eigenvalue weighted by Gasteiger charge is -2.05. The van der Waals surface area contributed by atoms with Crippen molar-refractivity contribution in [3.63, 3.8) is 0 Å². The largest absolute Gasteiger partial charge is 0.476 e. The van der Waals surface area contributed by atoms with E-state index in [1.165, 1.54) is 24.4 Å². The van der Waals surface area contributed by atoms with Gasteiger partial charge in [0.2, 0.25) is 0 Å². The van der Waals surface area contributed by atoms with Gasteiger partial charge >= 0.3 is 5.97 Å². The van der Waals surface area contributed by atoms with Gasteiger partial charge in [-0.2, -0.15) is 0 Å². The molecule has 6 heteroatoms. The summed E-state index contributed by atoms with van der Waals surface area (Å²) in [4.78, 5) is 18.3. The summed E-state index contributed by atoms with van der Waals surface area (Å²) >= 11 is 0. The van der Waals surface area contributed by atoms with E-state index < -0.39 is 11.8 Å². The Balaban J connectivity index is 2.58. The van der Waals surface area contributed by atoms with Gasteiger partial charge < -0.3 is 10.8 Å². The third-order valence-corrected chi connectivity index (χ3v) is 2.18. The molecule has 2 aromatic heterocycles. The second-order valence-corrected chi connectivity index (χ2v) is 3.29. The number of aromatic nitrogens is 2. The average molecular weight is 233 g/mol. The van der Waals surface area contributed by atoms with Crippen LogP contribution in [0.25, 0.3) is 11.3 Å². The van der Waals surface area contributed by atoms with E-state index in [0.29, 0.717) is 0 Å². The van der Waals surface area contributed by atoms with Crippen LogP contribution in [0.1, 0.15) is 10.5 Å². The number of hydrogen-bond acceptors (Lipinski definition) is 4. The molecule has 0 aliphatic rings. The number of nitrogen functional groups attached to an aromatic ring is 1. The Labute approximate surface area is 95.8 Å². The number of anilines is 1. The zero-order valence-electron chi connectivity index (χ0n) is 8.59. The molecule has 0 spiro atoms. The third-order valence-electron chi connectivity index (χ3n) is 2.18. The van der Waals surface area contributed by atoms with Crippen LogP contribution in [0.2, 0.25) is 0 Å². The number of carboxylic acids is 1. The van der Waals surface area contributed by atoms with Crippen molar-refractivity contribution >= 4 is 11.7 Å². The topological polar surface area (TPSA) is 89.1 Å². The van der Waals surface area contributed by atoms with Gasteiger partial charge in [-0.25, -0.2) is 14.2 Å². The van der Waals surface area contributed by atoms with E-state index in [-0.39, 0.29) is 22.6 Å². The van der Waals surface area contributed by atoms with Crippen molar-refractivity contribution < 1.29 is 14.3 Å². The van der Waals surface area contributed by atoms with Gasteiger partial charge in [-0.3, -0.25) is 4.98 Å². The summed E-state index contributed by atoms with van der Waals surface area (Å²) in [6, 6.07) is 4.26. The summed E-state index contributed by atoms with van der Waals surface area (Å²) < 4.78 is 13.4. The number of carbonyl (C=O) groups is 1. The molecule has 0 saturated heterocycles. The predicted octanol–water partition coefficient (Wildman–Crippen LogP) is 1.56. The molecule has 2 heterocycles. The molecule has 0 radical (unpaired) electrons. The summed E-state index contributed by atoms with van der Waals surface area (Å²) in [5, 5.41) is 8.86. The molecule has 86 valence electrons. The predicted molar refractivity (Wildman–Crippen MR) is 58.8 cm³/mol. The first-order valence-electron chi connectivity index (χ1n) is 4.69. The lowest BCUT2D eigenvalue weighted by molar-refractivity contribution is 0.0692. The Bertz CT molecular complexity index is 587. The van der Waals surface area contributed by atoms with Gasteiger partial charge in [0.05, 0.1) is 17.6 Å². The normalized spacial score (nSPS) is 10.2. The maximum absolute atomic E-state index is 13.4. The van der Waals surface area contributed by atoms with Crippen LogP contribution in [0.3, 0.4) is 0 Å². The maximum atomic E-state index is 13.4. The van der Waals surface area contributed by atoms with Gasteiger partial charge in [-0.1, -0.05) is 0 Å². The van der Waals surface area contributed by atoms with Crippen LogP contribution in [0.4, 0.5) is 10.1 Å². The van der Waals surface area contributed by atoms with Gasteiger partial charge in [0.1, 0.15) is 0 Å². The number of halogens is 1. The van der Waals surface area contributed by atoms with E-state index >= 15 is 0 Å². The summed E-state index contributed by atoms with van der Waals surface area (Å²) in [7, 11) is 0. The van der Waals surface area contributed by atoms with Crippen LogP contribution in [0.15, 0.2) is 30.6 Å². The van der Waals surface area contributed by atoms with Crippen LogP contribution in [0.5, 0.6) is 0 Å². The SMILES string of the molecule is Nc1ccc(-c2ccncc2F)nc1C(=O)O. The molecule has 0 aliphatic carbocycles. The van der Waals surface area contributed by atoms with Crippen molar-refractivity contribution in [3.8, 4) is 11.3 Å². The van der Waals surface area contributed by atoms with Gasteiger partial charge in [0.15, 0.2) is 11.5 Å². The van der Waals surface area contributed by atoms with Gasteiger partial charge in [0.25, 0.3) is 0 Å². The summed E-state index contributed by atoms with van der Waals surface area (Å²) in [6.07, 6.45) is 2.44. The smallest absolute Gasteiger partial charge is 0.356 e. The van der Waals surface area contributed by atoms with Crippen molar-refractivity contribution in [2.24, 2.45) is 0 Å². The number of rotatable bonds is 2. The number of pyridine rings is 2. The number of hydrogen-bond donors (Lipinski definition) is 2. The summed E-state index contributed by atoms with van der Waals surface area (Å²) in [6.45, 7) is 0. The fourth-order valence-electron chi connectivity index (χ4n) is 1.37. The monoisotopic (exact) mass is 233 g/mol. The highest BCUT2D eigenvalue weighted by atomic mass is 19.1. The van der Waals surface area contributed by atoms with Crippen LogP contribution in [-0.2, 0) is 0 Å². The van der Waals surface area contributed by atoms with Crippen LogP contribution in [-0.4, -0.2) is 21.0 Å². The average Bonchev–Trinajstić information content (AvgIpc) is 2.30. The molecule has 3 N–H and O–H groups in total. The fraction of sp³-hybridized carbons (Fsp3) is 0. The van der Waals surface area contributed by atoms with Crippen LogP contribution in [0, 0.1) is 5.82 Å². The Morgan fingerprint density at radius 1 is 1.35 bits per heavy atom. The summed E-state index contributed by atoms with van der Waals surface area (Å²) in [5.74, 6) is -1.82. The Kier molecular flexibility index (Phi) is 2.70. The van der Waals surface area contributed by atoms with Gasteiger partial charge in [0, 0.05) is 11.8 Å². The second kappa shape index (κ2) is 4.17. The number of nitrogens with zero attached hydrogens (tertiary/aromatic N) is 2. The highest BCUT2D eigenvalue weighted by Gasteiger charge is 2.13. The first-order valence-corrected chi connectivity index (χ1v) is 4.69. The maximum Gasteiger partial charge on any atom is 0.356 e. The molecule has 0 saturated carbocycles. The minimum absolute atomic E-state index is 0.0377. The van der Waals surface area contributed by atoms with Gasteiger partial charge in [-0.15, -0.1) is 0 Å². The fourth-order valence-corrected chi connectivity index (χ4v) is 1.37. The van der Waals surface area contributed by atoms with Crippen molar-refractivity contribution in [1.29, 1.82) is 0 Å². The van der Waals surface area contributed by atoms with Crippen LogP contribution < -0.4 is 5.73 Å². The van der Waals surface area contributed by atoms with Gasteiger partial charge in [-0.05, 0) is 18.2 Å². The zero-order valence-corrected chi connectivity index (χ0v) is 8.59. The highest BCUT2D eigenvalue weighted by Crippen LogP contribution is 2.22. The molecule has 0 fully saturated rings. The van der Waals surface area contributed by atoms with E-state index in [1.807, 2.05) is 0 Å². The Morgan fingerprint density at radius 3 is 2.76 bits per heavy atom. The zero-order chi connectivity index (χ0) is 12.4. The molecule has 17 heavy (non-hydrogen) atoms.